The maximum atomic E-state index is 6.13. The van der Waals surface area contributed by atoms with E-state index in [0.29, 0.717) is 16.6 Å². The molecule has 0 amide bonds. The molecule has 1 saturated heterocycles. The summed E-state index contributed by atoms with van der Waals surface area (Å²) in [5, 5.41) is 3.97. The molecule has 5 heteroatoms. The van der Waals surface area contributed by atoms with Crippen LogP contribution in [0.1, 0.15) is 12.8 Å². The summed E-state index contributed by atoms with van der Waals surface area (Å²) in [6.45, 7) is 1.95. The van der Waals surface area contributed by atoms with Crippen LogP contribution >= 0.6 is 11.6 Å². The summed E-state index contributed by atoms with van der Waals surface area (Å²) < 4.78 is 5.86. The molecule has 2 heterocycles. The van der Waals surface area contributed by atoms with E-state index >= 15 is 0 Å². The van der Waals surface area contributed by atoms with Crippen LogP contribution in [0.2, 0.25) is 5.02 Å². The molecule has 1 aliphatic heterocycles. The summed E-state index contributed by atoms with van der Waals surface area (Å²) in [5.74, 6) is 1.32. The minimum Gasteiger partial charge on any atom is -0.486 e. The molecule has 1 N–H and O–H groups in total. The van der Waals surface area contributed by atoms with Crippen LogP contribution in [-0.4, -0.2) is 29.2 Å². The van der Waals surface area contributed by atoms with Crippen molar-refractivity contribution in [3.05, 3.63) is 41.7 Å². The lowest BCUT2D eigenvalue weighted by atomic mass is 10.1. The number of benzene rings is 1. The lowest BCUT2D eigenvalue weighted by Gasteiger charge is -2.23. The Labute approximate surface area is 123 Å². The Balaban J connectivity index is 1.73. The van der Waals surface area contributed by atoms with Gasteiger partial charge in [-0.05, 0) is 31.5 Å². The van der Waals surface area contributed by atoms with Crippen LogP contribution in [0, 0.1) is 0 Å². The molecule has 2 aromatic rings. The minimum absolute atomic E-state index is 0.207. The van der Waals surface area contributed by atoms with Gasteiger partial charge in [-0.1, -0.05) is 23.7 Å². The summed E-state index contributed by atoms with van der Waals surface area (Å²) in [7, 11) is 0. The first kappa shape index (κ1) is 13.3. The lowest BCUT2D eigenvalue weighted by molar-refractivity contribution is 0.166. The molecule has 0 bridgehead atoms. The predicted molar refractivity (Wildman–Crippen MR) is 79.0 cm³/mol. The van der Waals surface area contributed by atoms with Gasteiger partial charge in [0.15, 0.2) is 11.6 Å². The third-order valence-electron chi connectivity index (χ3n) is 3.30. The van der Waals surface area contributed by atoms with Crippen molar-refractivity contribution in [3.8, 4) is 17.1 Å². The number of piperidine rings is 1. The fraction of sp³-hybridized carbons (Fsp3) is 0.333. The topological polar surface area (TPSA) is 47.0 Å². The quantitative estimate of drug-likeness (QED) is 0.944. The average Bonchev–Trinajstić information content (AvgIpc) is 2.50. The number of rotatable bonds is 3. The van der Waals surface area contributed by atoms with E-state index in [1.165, 1.54) is 0 Å². The maximum absolute atomic E-state index is 6.13. The smallest absolute Gasteiger partial charge is 0.160 e. The van der Waals surface area contributed by atoms with Crippen molar-refractivity contribution >= 4 is 11.6 Å². The van der Waals surface area contributed by atoms with Gasteiger partial charge in [-0.25, -0.2) is 9.97 Å². The molecule has 0 radical (unpaired) electrons. The molecule has 104 valence electrons. The van der Waals surface area contributed by atoms with Crippen molar-refractivity contribution in [1.82, 2.24) is 15.3 Å². The monoisotopic (exact) mass is 289 g/mol. The van der Waals surface area contributed by atoms with Gasteiger partial charge in [0.1, 0.15) is 6.10 Å². The molecule has 1 fully saturated rings. The van der Waals surface area contributed by atoms with Crippen LogP contribution in [0.3, 0.4) is 0 Å². The Kier molecular flexibility index (Phi) is 4.14. The van der Waals surface area contributed by atoms with E-state index in [9.17, 15) is 0 Å². The molecule has 1 aromatic carbocycles. The largest absolute Gasteiger partial charge is 0.486 e. The number of halogens is 1. The number of nitrogens with zero attached hydrogens (tertiary/aromatic N) is 2. The predicted octanol–water partition coefficient (Wildman–Crippen LogP) is 2.93. The molecule has 1 aromatic heterocycles. The molecule has 1 aliphatic rings. The van der Waals surface area contributed by atoms with Crippen molar-refractivity contribution in [1.29, 1.82) is 0 Å². The second kappa shape index (κ2) is 6.20. The van der Waals surface area contributed by atoms with E-state index in [-0.39, 0.29) is 6.10 Å². The van der Waals surface area contributed by atoms with Crippen LogP contribution in [0.25, 0.3) is 11.4 Å². The Morgan fingerprint density at radius 2 is 2.00 bits per heavy atom. The van der Waals surface area contributed by atoms with E-state index in [2.05, 4.69) is 15.3 Å². The van der Waals surface area contributed by atoms with Crippen LogP contribution in [0.5, 0.6) is 5.75 Å². The van der Waals surface area contributed by atoms with Gasteiger partial charge in [-0.2, -0.15) is 0 Å². The van der Waals surface area contributed by atoms with Gasteiger partial charge < -0.3 is 10.1 Å². The van der Waals surface area contributed by atoms with Gasteiger partial charge in [0, 0.05) is 12.1 Å². The molecule has 1 unspecified atom stereocenters. The van der Waals surface area contributed by atoms with Crippen molar-refractivity contribution in [2.24, 2.45) is 0 Å². The van der Waals surface area contributed by atoms with Crippen molar-refractivity contribution in [2.75, 3.05) is 13.1 Å². The number of hydrogen-bond donors (Lipinski definition) is 1. The Bertz CT molecular complexity index is 568. The second-order valence-corrected chi connectivity index (χ2v) is 5.22. The van der Waals surface area contributed by atoms with Crippen LogP contribution in [-0.2, 0) is 0 Å². The van der Waals surface area contributed by atoms with E-state index in [0.717, 1.165) is 31.5 Å². The van der Waals surface area contributed by atoms with Gasteiger partial charge in [0.05, 0.1) is 17.4 Å². The average molecular weight is 290 g/mol. The van der Waals surface area contributed by atoms with Gasteiger partial charge >= 0.3 is 0 Å². The van der Waals surface area contributed by atoms with Crippen LogP contribution < -0.4 is 10.1 Å². The molecule has 1 atom stereocenters. The van der Waals surface area contributed by atoms with E-state index < -0.39 is 0 Å². The number of hydrogen-bond acceptors (Lipinski definition) is 4. The lowest BCUT2D eigenvalue weighted by Crippen LogP contribution is -2.37. The van der Waals surface area contributed by atoms with E-state index in [1.54, 1.807) is 12.4 Å². The highest BCUT2D eigenvalue weighted by Crippen LogP contribution is 2.25. The minimum atomic E-state index is 0.207. The molecular weight excluding hydrogens is 274 g/mol. The molecule has 0 aliphatic carbocycles. The Morgan fingerprint density at radius 1 is 1.20 bits per heavy atom. The summed E-state index contributed by atoms with van der Waals surface area (Å²) in [6, 6.07) is 7.55. The number of nitrogens with one attached hydrogen (secondary N) is 1. The zero-order valence-corrected chi connectivity index (χ0v) is 11.8. The van der Waals surface area contributed by atoms with Gasteiger partial charge in [-0.15, -0.1) is 0 Å². The second-order valence-electron chi connectivity index (χ2n) is 4.81. The van der Waals surface area contributed by atoms with Gasteiger partial charge in [0.2, 0.25) is 0 Å². The third-order valence-corrected chi connectivity index (χ3v) is 3.63. The Morgan fingerprint density at radius 3 is 2.70 bits per heavy atom. The summed E-state index contributed by atoms with van der Waals surface area (Å²) in [5.41, 5.74) is 0.833. The molecule has 0 saturated carbocycles. The molecule has 4 nitrogen and oxygen atoms in total. The number of ether oxygens (including phenoxy) is 1. The normalized spacial score (nSPS) is 18.8. The van der Waals surface area contributed by atoms with Crippen LogP contribution in [0.15, 0.2) is 36.7 Å². The third kappa shape index (κ3) is 3.08. The van der Waals surface area contributed by atoms with Crippen LogP contribution in [0.4, 0.5) is 0 Å². The standard InChI is InChI=1S/C15H16ClN3O/c16-14-6-2-1-5-13(14)15-18-9-12(10-19-15)20-11-4-3-7-17-8-11/h1-2,5-6,9-11,17H,3-4,7-8H2. The highest BCUT2D eigenvalue weighted by molar-refractivity contribution is 6.33. The van der Waals surface area contributed by atoms with Gasteiger partial charge in [0.25, 0.3) is 0 Å². The summed E-state index contributed by atoms with van der Waals surface area (Å²) in [6.07, 6.45) is 5.83. The fourth-order valence-corrected chi connectivity index (χ4v) is 2.49. The highest BCUT2D eigenvalue weighted by atomic mass is 35.5. The molecule has 20 heavy (non-hydrogen) atoms. The molecule has 0 spiro atoms. The van der Waals surface area contributed by atoms with Crippen molar-refractivity contribution in [2.45, 2.75) is 18.9 Å². The first-order valence-electron chi connectivity index (χ1n) is 6.77. The summed E-state index contributed by atoms with van der Waals surface area (Å²) >= 11 is 6.13. The molecular formula is C15H16ClN3O. The summed E-state index contributed by atoms with van der Waals surface area (Å²) in [4.78, 5) is 8.67. The van der Waals surface area contributed by atoms with E-state index in [4.69, 9.17) is 16.3 Å². The van der Waals surface area contributed by atoms with Crippen molar-refractivity contribution < 1.29 is 4.74 Å². The van der Waals surface area contributed by atoms with Crippen molar-refractivity contribution in [3.63, 3.8) is 0 Å². The van der Waals surface area contributed by atoms with E-state index in [1.807, 2.05) is 24.3 Å². The molecule has 3 rings (SSSR count). The first-order chi connectivity index (χ1) is 9.83. The first-order valence-corrected chi connectivity index (χ1v) is 7.15. The highest BCUT2D eigenvalue weighted by Gasteiger charge is 2.15. The fourth-order valence-electron chi connectivity index (χ4n) is 2.27. The Hall–Kier alpha value is -1.65. The number of aromatic nitrogens is 2. The zero-order valence-electron chi connectivity index (χ0n) is 11.1. The zero-order chi connectivity index (χ0) is 13.8. The SMILES string of the molecule is Clc1ccccc1-c1ncc(OC2CCCNC2)cn1. The maximum Gasteiger partial charge on any atom is 0.160 e. The van der Waals surface area contributed by atoms with Gasteiger partial charge in [-0.3, -0.25) is 0 Å².